The summed E-state index contributed by atoms with van der Waals surface area (Å²) >= 11 is 0. The molecule has 2 N–H and O–H groups in total. The number of aromatic amines is 1. The van der Waals surface area contributed by atoms with Crippen LogP contribution in [-0.2, 0) is 0 Å². The number of carbonyl (C=O) groups is 1. The molecule has 2 aromatic carbocycles. The Morgan fingerprint density at radius 2 is 1.88 bits per heavy atom. The molecule has 4 nitrogen and oxygen atoms in total. The van der Waals surface area contributed by atoms with Gasteiger partial charge in [0.05, 0.1) is 6.04 Å². The lowest BCUT2D eigenvalue weighted by Gasteiger charge is -2.23. The van der Waals surface area contributed by atoms with Crippen LogP contribution < -0.4 is 5.32 Å². The molecule has 0 spiro atoms. The van der Waals surface area contributed by atoms with Crippen molar-refractivity contribution in [3.05, 3.63) is 65.9 Å². The average molecular weight is 347 g/mol. The number of carbonyl (C=O) groups excluding carboxylic acids is 1. The van der Waals surface area contributed by atoms with Crippen LogP contribution in [0.5, 0.6) is 0 Å². The molecule has 1 aliphatic rings. The van der Waals surface area contributed by atoms with Crippen molar-refractivity contribution >= 4 is 22.4 Å². The highest BCUT2D eigenvalue weighted by Crippen LogP contribution is 2.26. The van der Waals surface area contributed by atoms with Crippen LogP contribution in [0.1, 0.15) is 29.4 Å². The molecule has 0 radical (unpaired) electrons. The quantitative estimate of drug-likeness (QED) is 0.679. The Hall–Kier alpha value is -2.59. The van der Waals surface area contributed by atoms with Crippen LogP contribution in [0, 0.1) is 6.92 Å². The molecule has 0 amide bonds. The Labute approximate surface area is 154 Å². The summed E-state index contributed by atoms with van der Waals surface area (Å²) in [5, 5.41) is 4.61. The fourth-order valence-corrected chi connectivity index (χ4v) is 4.00. The number of aryl methyl sites for hydroxylation is 1. The van der Waals surface area contributed by atoms with Crippen molar-refractivity contribution in [2.24, 2.45) is 0 Å². The van der Waals surface area contributed by atoms with Crippen LogP contribution >= 0.6 is 0 Å². The third kappa shape index (κ3) is 3.13. The minimum Gasteiger partial charge on any atom is -0.381 e. The molecule has 2 unspecified atom stereocenters. The van der Waals surface area contributed by atoms with Gasteiger partial charge in [-0.2, -0.15) is 0 Å². The van der Waals surface area contributed by atoms with E-state index in [0.29, 0.717) is 6.04 Å². The largest absolute Gasteiger partial charge is 0.381 e. The number of Topliss-reactive ketones (excluding diaryl/α,β-unsaturated/α-hetero) is 1. The minimum absolute atomic E-state index is 0.115. The third-order valence-corrected chi connectivity index (χ3v) is 5.43. The second kappa shape index (κ2) is 6.96. The Bertz CT molecular complexity index is 916. The van der Waals surface area contributed by atoms with Gasteiger partial charge in [-0.1, -0.05) is 36.4 Å². The van der Waals surface area contributed by atoms with Gasteiger partial charge >= 0.3 is 0 Å². The topological polar surface area (TPSA) is 48.1 Å². The number of nitrogens with one attached hydrogen (secondary N) is 2. The molecule has 4 heteroatoms. The first-order valence-corrected chi connectivity index (χ1v) is 9.30. The van der Waals surface area contributed by atoms with E-state index in [0.717, 1.165) is 47.4 Å². The smallest absolute Gasteiger partial charge is 0.182 e. The average Bonchev–Trinajstić information content (AvgIpc) is 3.25. The van der Waals surface area contributed by atoms with Gasteiger partial charge in [0, 0.05) is 47.0 Å². The van der Waals surface area contributed by atoms with E-state index in [4.69, 9.17) is 0 Å². The molecule has 134 valence electrons. The van der Waals surface area contributed by atoms with E-state index >= 15 is 0 Å². The second-order valence-electron chi connectivity index (χ2n) is 7.20. The van der Waals surface area contributed by atoms with Gasteiger partial charge in [0.25, 0.3) is 0 Å². The predicted octanol–water partition coefficient (Wildman–Crippen LogP) is 4.23. The Kier molecular flexibility index (Phi) is 4.51. The van der Waals surface area contributed by atoms with E-state index in [-0.39, 0.29) is 11.8 Å². The number of nitrogens with zero attached hydrogens (tertiary/aromatic N) is 1. The third-order valence-electron chi connectivity index (χ3n) is 5.43. The minimum atomic E-state index is -0.115. The van der Waals surface area contributed by atoms with Crippen LogP contribution in [0.4, 0.5) is 5.69 Å². The summed E-state index contributed by atoms with van der Waals surface area (Å²) in [5.41, 5.74) is 3.98. The van der Waals surface area contributed by atoms with Gasteiger partial charge < -0.3 is 10.3 Å². The number of rotatable bonds is 5. The first-order valence-electron chi connectivity index (χ1n) is 9.30. The molecule has 0 bridgehead atoms. The summed E-state index contributed by atoms with van der Waals surface area (Å²) in [6.45, 7) is 5.86. The number of H-pyrrole nitrogens is 1. The molecule has 1 saturated heterocycles. The molecule has 3 aromatic rings. The number of aromatic nitrogens is 1. The highest BCUT2D eigenvalue weighted by molar-refractivity contribution is 6.11. The van der Waals surface area contributed by atoms with E-state index in [1.54, 1.807) is 0 Å². The lowest BCUT2D eigenvalue weighted by molar-refractivity contribution is 0.0867. The number of benzene rings is 2. The summed E-state index contributed by atoms with van der Waals surface area (Å²) in [7, 11) is 0. The van der Waals surface area contributed by atoms with E-state index in [2.05, 4.69) is 27.3 Å². The summed E-state index contributed by atoms with van der Waals surface area (Å²) in [5.74, 6) is 0.209. The standard InChI is InChI=1S/C22H25N3O/c1-15-21(19-10-6-7-11-20(19)23-15)22(26)16(2)25-13-12-18(14-25)24-17-8-4-3-5-9-17/h3-11,16,18,23-24H,12-14H2,1-2H3. The molecule has 0 saturated carbocycles. The van der Waals surface area contributed by atoms with E-state index in [1.165, 1.54) is 0 Å². The number of ketones is 1. The van der Waals surface area contributed by atoms with Crippen molar-refractivity contribution in [3.8, 4) is 0 Å². The zero-order valence-corrected chi connectivity index (χ0v) is 15.3. The van der Waals surface area contributed by atoms with Crippen LogP contribution in [0.3, 0.4) is 0 Å². The maximum Gasteiger partial charge on any atom is 0.182 e. The Morgan fingerprint density at radius 3 is 2.69 bits per heavy atom. The molecule has 2 heterocycles. The maximum absolute atomic E-state index is 13.2. The van der Waals surface area contributed by atoms with Crippen LogP contribution in [0.2, 0.25) is 0 Å². The maximum atomic E-state index is 13.2. The number of fused-ring (bicyclic) bond motifs is 1. The lowest BCUT2D eigenvalue weighted by Crippen LogP contribution is -2.39. The number of hydrogen-bond donors (Lipinski definition) is 2. The molecule has 1 fully saturated rings. The molecule has 2 atom stereocenters. The lowest BCUT2D eigenvalue weighted by atomic mass is 10.0. The first kappa shape index (κ1) is 16.9. The van der Waals surface area contributed by atoms with E-state index < -0.39 is 0 Å². The predicted molar refractivity (Wildman–Crippen MR) is 107 cm³/mol. The highest BCUT2D eigenvalue weighted by Gasteiger charge is 2.31. The molecular weight excluding hydrogens is 322 g/mol. The van der Waals surface area contributed by atoms with Gasteiger partial charge in [-0.3, -0.25) is 9.69 Å². The van der Waals surface area contributed by atoms with Crippen LogP contribution in [0.25, 0.3) is 10.9 Å². The fourth-order valence-electron chi connectivity index (χ4n) is 4.00. The number of hydrogen-bond acceptors (Lipinski definition) is 3. The SMILES string of the molecule is Cc1[nH]c2ccccc2c1C(=O)C(C)N1CCC(Nc2ccccc2)C1. The molecule has 1 aliphatic heterocycles. The molecule has 0 aliphatic carbocycles. The van der Waals surface area contributed by atoms with Crippen molar-refractivity contribution < 1.29 is 4.79 Å². The molecular formula is C22H25N3O. The summed E-state index contributed by atoms with van der Waals surface area (Å²) in [6.07, 6.45) is 1.05. The second-order valence-corrected chi connectivity index (χ2v) is 7.20. The summed E-state index contributed by atoms with van der Waals surface area (Å²) in [6, 6.07) is 18.6. The summed E-state index contributed by atoms with van der Waals surface area (Å²) in [4.78, 5) is 18.8. The van der Waals surface area contributed by atoms with Gasteiger partial charge in [0.2, 0.25) is 0 Å². The van der Waals surface area contributed by atoms with Crippen molar-refractivity contribution in [1.82, 2.24) is 9.88 Å². The normalized spacial score (nSPS) is 18.9. The van der Waals surface area contributed by atoms with Crippen molar-refractivity contribution in [1.29, 1.82) is 0 Å². The van der Waals surface area contributed by atoms with Crippen molar-refractivity contribution in [3.63, 3.8) is 0 Å². The highest BCUT2D eigenvalue weighted by atomic mass is 16.1. The molecule has 26 heavy (non-hydrogen) atoms. The van der Waals surface area contributed by atoms with Crippen molar-refractivity contribution in [2.45, 2.75) is 32.4 Å². The number of para-hydroxylation sites is 2. The number of likely N-dealkylation sites (tertiary alicyclic amines) is 1. The van der Waals surface area contributed by atoms with Gasteiger partial charge in [-0.05, 0) is 38.5 Å². The monoisotopic (exact) mass is 347 g/mol. The van der Waals surface area contributed by atoms with Gasteiger partial charge in [0.15, 0.2) is 5.78 Å². The van der Waals surface area contributed by atoms with Gasteiger partial charge in [-0.25, -0.2) is 0 Å². The zero-order chi connectivity index (χ0) is 18.1. The van der Waals surface area contributed by atoms with Crippen LogP contribution in [-0.4, -0.2) is 40.8 Å². The van der Waals surface area contributed by atoms with Gasteiger partial charge in [-0.15, -0.1) is 0 Å². The van der Waals surface area contributed by atoms with Crippen molar-refractivity contribution in [2.75, 3.05) is 18.4 Å². The van der Waals surface area contributed by atoms with E-state index in [9.17, 15) is 4.79 Å². The summed E-state index contributed by atoms with van der Waals surface area (Å²) < 4.78 is 0. The first-order chi connectivity index (χ1) is 12.6. The molecule has 4 rings (SSSR count). The van der Waals surface area contributed by atoms with E-state index in [1.807, 2.05) is 56.3 Å². The number of anilines is 1. The van der Waals surface area contributed by atoms with Crippen LogP contribution in [0.15, 0.2) is 54.6 Å². The fraction of sp³-hybridized carbons (Fsp3) is 0.318. The zero-order valence-electron chi connectivity index (χ0n) is 15.3. The Balaban J connectivity index is 1.48. The Morgan fingerprint density at radius 1 is 1.15 bits per heavy atom. The molecule has 1 aromatic heterocycles. The van der Waals surface area contributed by atoms with Gasteiger partial charge in [0.1, 0.15) is 0 Å².